The molecule has 3 aromatic carbocycles. The largest absolute Gasteiger partial charge is 0.497 e. The molecule has 0 bridgehead atoms. The third kappa shape index (κ3) is 4.81. The minimum atomic E-state index is -0.557. The van der Waals surface area contributed by atoms with Crippen LogP contribution in [0.4, 0.5) is 10.5 Å². The predicted octanol–water partition coefficient (Wildman–Crippen LogP) is 7.58. The molecule has 1 heterocycles. The Morgan fingerprint density at radius 3 is 2.33 bits per heavy atom. The molecule has 0 aromatic heterocycles. The van der Waals surface area contributed by atoms with Gasteiger partial charge in [0.1, 0.15) is 11.4 Å². The van der Waals surface area contributed by atoms with Crippen LogP contribution in [0.3, 0.4) is 0 Å². The molecule has 0 fully saturated rings. The summed E-state index contributed by atoms with van der Waals surface area (Å²) in [5.74, 6) is 1.42. The molecular formula is C32H33NO3. The summed E-state index contributed by atoms with van der Waals surface area (Å²) >= 11 is 0. The Morgan fingerprint density at radius 1 is 0.944 bits per heavy atom. The molecule has 1 aliphatic heterocycles. The molecule has 0 saturated carbocycles. The number of ether oxygens (including phenoxy) is 2. The number of allylic oxidation sites excluding steroid dienone is 2. The third-order valence-electron chi connectivity index (χ3n) is 6.95. The van der Waals surface area contributed by atoms with E-state index in [1.807, 2.05) is 56.0 Å². The fourth-order valence-corrected chi connectivity index (χ4v) is 5.32. The van der Waals surface area contributed by atoms with Gasteiger partial charge < -0.3 is 9.47 Å². The molecule has 0 N–H and O–H groups in total. The van der Waals surface area contributed by atoms with E-state index in [1.54, 1.807) is 7.11 Å². The van der Waals surface area contributed by atoms with Gasteiger partial charge in [-0.1, -0.05) is 78.9 Å². The molecule has 3 aromatic rings. The molecule has 1 amide bonds. The molecule has 1 aliphatic carbocycles. The van der Waals surface area contributed by atoms with Gasteiger partial charge in [-0.15, -0.1) is 0 Å². The van der Waals surface area contributed by atoms with Crippen LogP contribution in [0, 0.1) is 11.8 Å². The second-order valence-electron chi connectivity index (χ2n) is 10.5. The number of methoxy groups -OCH3 is 1. The van der Waals surface area contributed by atoms with Gasteiger partial charge in [0.2, 0.25) is 0 Å². The highest BCUT2D eigenvalue weighted by Crippen LogP contribution is 2.52. The van der Waals surface area contributed by atoms with Crippen molar-refractivity contribution in [3.8, 4) is 5.75 Å². The summed E-state index contributed by atoms with van der Waals surface area (Å²) < 4.78 is 11.1. The lowest BCUT2D eigenvalue weighted by Crippen LogP contribution is -2.43. The normalized spacial score (nSPS) is 21.1. The van der Waals surface area contributed by atoms with Crippen LogP contribution in [-0.2, 0) is 4.74 Å². The molecule has 0 radical (unpaired) electrons. The third-order valence-corrected chi connectivity index (χ3v) is 6.95. The van der Waals surface area contributed by atoms with Gasteiger partial charge in [-0.05, 0) is 61.6 Å². The molecule has 0 unspecified atom stereocenters. The van der Waals surface area contributed by atoms with Crippen LogP contribution in [0.2, 0.25) is 0 Å². The minimum Gasteiger partial charge on any atom is -0.497 e. The first kappa shape index (κ1) is 23.9. The average molecular weight is 480 g/mol. The molecule has 4 nitrogen and oxygen atoms in total. The van der Waals surface area contributed by atoms with Crippen molar-refractivity contribution in [2.75, 3.05) is 18.6 Å². The fraction of sp³-hybridized carbons (Fsp3) is 0.281. The summed E-state index contributed by atoms with van der Waals surface area (Å²) in [4.78, 5) is 15.1. The highest BCUT2D eigenvalue weighted by molar-refractivity contribution is 5.96. The van der Waals surface area contributed by atoms with Crippen molar-refractivity contribution in [2.24, 2.45) is 11.8 Å². The zero-order valence-corrected chi connectivity index (χ0v) is 21.3. The number of hydrogen-bond donors (Lipinski definition) is 0. The maximum absolute atomic E-state index is 13.3. The molecule has 184 valence electrons. The topological polar surface area (TPSA) is 38.8 Å². The number of fused-ring (bicyclic) bond motifs is 3. The van der Waals surface area contributed by atoms with Crippen molar-refractivity contribution < 1.29 is 14.3 Å². The van der Waals surface area contributed by atoms with Gasteiger partial charge in [-0.3, -0.25) is 4.90 Å². The van der Waals surface area contributed by atoms with Gasteiger partial charge in [-0.2, -0.15) is 0 Å². The number of para-hydroxylation sites is 1. The number of anilines is 1. The van der Waals surface area contributed by atoms with Crippen molar-refractivity contribution >= 4 is 23.4 Å². The number of amides is 1. The lowest BCUT2D eigenvalue weighted by molar-refractivity contribution is 0.0574. The van der Waals surface area contributed by atoms with Crippen LogP contribution in [-0.4, -0.2) is 25.3 Å². The first-order chi connectivity index (χ1) is 17.3. The van der Waals surface area contributed by atoms with Crippen molar-refractivity contribution in [3.05, 3.63) is 108 Å². The van der Waals surface area contributed by atoms with Crippen molar-refractivity contribution in [1.82, 2.24) is 0 Å². The van der Waals surface area contributed by atoms with Crippen LogP contribution in [0.15, 0.2) is 91.0 Å². The molecule has 0 saturated heterocycles. The van der Waals surface area contributed by atoms with E-state index in [0.29, 0.717) is 6.54 Å². The lowest BCUT2D eigenvalue weighted by Gasteiger charge is -2.37. The van der Waals surface area contributed by atoms with E-state index in [2.05, 4.69) is 66.8 Å². The first-order valence-corrected chi connectivity index (χ1v) is 12.5. The van der Waals surface area contributed by atoms with Crippen molar-refractivity contribution in [2.45, 2.75) is 32.3 Å². The molecular weight excluding hydrogens is 446 g/mol. The van der Waals surface area contributed by atoms with Gasteiger partial charge >= 0.3 is 6.09 Å². The van der Waals surface area contributed by atoms with Crippen LogP contribution < -0.4 is 9.64 Å². The highest BCUT2D eigenvalue weighted by Gasteiger charge is 2.43. The van der Waals surface area contributed by atoms with E-state index >= 15 is 0 Å². The van der Waals surface area contributed by atoms with Gasteiger partial charge in [-0.25, -0.2) is 4.79 Å². The summed E-state index contributed by atoms with van der Waals surface area (Å²) in [5, 5.41) is 0. The van der Waals surface area contributed by atoms with Crippen molar-refractivity contribution in [1.29, 1.82) is 0 Å². The second-order valence-corrected chi connectivity index (χ2v) is 10.5. The Balaban J connectivity index is 1.55. The maximum Gasteiger partial charge on any atom is 0.414 e. The number of rotatable bonds is 4. The summed E-state index contributed by atoms with van der Waals surface area (Å²) in [6.07, 6.45) is 6.62. The highest BCUT2D eigenvalue weighted by atomic mass is 16.6. The monoisotopic (exact) mass is 479 g/mol. The fourth-order valence-electron chi connectivity index (χ4n) is 5.32. The Kier molecular flexibility index (Phi) is 6.44. The lowest BCUT2D eigenvalue weighted by atomic mass is 9.79. The van der Waals surface area contributed by atoms with E-state index in [0.717, 1.165) is 22.6 Å². The maximum atomic E-state index is 13.3. The SMILES string of the molecule is COc1ccc(/C=C/[C@H]2[C@@H]3CN(C(=O)OC(C)(C)C)c4ccccc4C3=C[C@@H]2c2ccccc2)cc1. The van der Waals surface area contributed by atoms with Crippen LogP contribution in [0.5, 0.6) is 5.75 Å². The standard InChI is InChI=1S/C32H33NO3/c1-32(2,3)36-31(34)33-21-29-25(19-16-22-14-17-24(35-4)18-15-22)27(23-10-6-5-7-11-23)20-28(29)26-12-8-9-13-30(26)33/h5-20,25,27,29H,21H2,1-4H3/b19-16+/t25-,27-,29+/m1/s1. The summed E-state index contributed by atoms with van der Waals surface area (Å²) in [7, 11) is 1.68. The first-order valence-electron chi connectivity index (χ1n) is 12.5. The van der Waals surface area contributed by atoms with E-state index < -0.39 is 5.60 Å². The van der Waals surface area contributed by atoms with E-state index in [9.17, 15) is 4.79 Å². The summed E-state index contributed by atoms with van der Waals surface area (Å²) in [5.41, 5.74) is 5.18. The molecule has 2 aliphatic rings. The van der Waals surface area contributed by atoms with E-state index in [1.165, 1.54) is 11.1 Å². The predicted molar refractivity (Wildman–Crippen MR) is 146 cm³/mol. The number of hydrogen-bond acceptors (Lipinski definition) is 3. The Hall–Kier alpha value is -3.79. The molecule has 4 heteroatoms. The second kappa shape index (κ2) is 9.69. The van der Waals surface area contributed by atoms with Crippen molar-refractivity contribution in [3.63, 3.8) is 0 Å². The van der Waals surface area contributed by atoms with Crippen LogP contribution >= 0.6 is 0 Å². The summed E-state index contributed by atoms with van der Waals surface area (Å²) in [6.45, 7) is 6.31. The Bertz CT molecular complexity index is 1280. The molecule has 36 heavy (non-hydrogen) atoms. The van der Waals surface area contributed by atoms with Gasteiger partial charge in [0.05, 0.1) is 12.8 Å². The smallest absolute Gasteiger partial charge is 0.414 e. The van der Waals surface area contributed by atoms with Crippen LogP contribution in [0.25, 0.3) is 11.6 Å². The van der Waals surface area contributed by atoms with Crippen LogP contribution in [0.1, 0.15) is 43.4 Å². The van der Waals surface area contributed by atoms with Gasteiger partial charge in [0.15, 0.2) is 0 Å². The number of carbonyl (C=O) groups is 1. The minimum absolute atomic E-state index is 0.159. The number of nitrogens with zero attached hydrogens (tertiary/aromatic N) is 1. The Labute approximate surface area is 213 Å². The zero-order chi connectivity index (χ0) is 25.3. The number of benzene rings is 3. The van der Waals surface area contributed by atoms with Gasteiger partial charge in [0.25, 0.3) is 0 Å². The molecule has 5 rings (SSSR count). The zero-order valence-electron chi connectivity index (χ0n) is 21.3. The molecule has 3 atom stereocenters. The Morgan fingerprint density at radius 2 is 1.64 bits per heavy atom. The van der Waals surface area contributed by atoms with E-state index in [4.69, 9.17) is 9.47 Å². The summed E-state index contributed by atoms with van der Waals surface area (Å²) in [6, 6.07) is 26.9. The van der Waals surface area contributed by atoms with E-state index in [-0.39, 0.29) is 23.8 Å². The quantitative estimate of drug-likeness (QED) is 0.387. The average Bonchev–Trinajstić information content (AvgIpc) is 3.25. The molecule has 0 spiro atoms. The number of carbonyl (C=O) groups excluding carboxylic acids is 1. The van der Waals surface area contributed by atoms with Gasteiger partial charge in [0, 0.05) is 23.9 Å².